The van der Waals surface area contributed by atoms with Crippen LogP contribution in [0.2, 0.25) is 0 Å². The van der Waals surface area contributed by atoms with Gasteiger partial charge in [-0.2, -0.15) is 0 Å². The van der Waals surface area contributed by atoms with Crippen molar-refractivity contribution < 1.29 is 13.9 Å². The van der Waals surface area contributed by atoms with Crippen LogP contribution >= 0.6 is 27.3 Å². The third-order valence-electron chi connectivity index (χ3n) is 5.21. The number of benzene rings is 1. The third kappa shape index (κ3) is 3.97. The molecule has 2 aromatic heterocycles. The lowest BCUT2D eigenvalue weighted by molar-refractivity contribution is -0.136. The van der Waals surface area contributed by atoms with Gasteiger partial charge in [-0.1, -0.05) is 49.4 Å². The molecule has 4 rings (SSSR count). The number of halogens is 1. The highest BCUT2D eigenvalue weighted by Crippen LogP contribution is 2.31. The minimum absolute atomic E-state index is 0.233. The molecule has 3 aromatic rings. The maximum absolute atomic E-state index is 13.4. The lowest BCUT2D eigenvalue weighted by Gasteiger charge is -2.24. The van der Waals surface area contributed by atoms with E-state index in [0.29, 0.717) is 37.0 Å². The Morgan fingerprint density at radius 1 is 1.26 bits per heavy atom. The lowest BCUT2D eigenvalue weighted by Crippen LogP contribution is -2.39. The van der Waals surface area contributed by atoms with E-state index in [1.54, 1.807) is 29.7 Å². The van der Waals surface area contributed by atoms with Crippen LogP contribution in [-0.2, 0) is 9.53 Å². The molecule has 0 bridgehead atoms. The summed E-state index contributed by atoms with van der Waals surface area (Å²) >= 11 is 4.54. The molecule has 1 aliphatic rings. The summed E-state index contributed by atoms with van der Waals surface area (Å²) in [5, 5.41) is 0. The summed E-state index contributed by atoms with van der Waals surface area (Å²) in [5.74, 6) is 0.434. The molecule has 3 heterocycles. The van der Waals surface area contributed by atoms with Gasteiger partial charge in [0.2, 0.25) is 0 Å². The average molecular weight is 501 g/mol. The number of esters is 1. The first-order valence-corrected chi connectivity index (χ1v) is 11.4. The first kappa shape index (κ1) is 21.5. The van der Waals surface area contributed by atoms with E-state index in [9.17, 15) is 9.59 Å². The number of aromatic nitrogens is 1. The van der Waals surface area contributed by atoms with Gasteiger partial charge in [0, 0.05) is 6.08 Å². The number of hydrogen-bond donors (Lipinski definition) is 0. The van der Waals surface area contributed by atoms with Crippen molar-refractivity contribution in [1.82, 2.24) is 4.57 Å². The fourth-order valence-electron chi connectivity index (χ4n) is 3.61. The molecule has 0 N–H and O–H groups in total. The van der Waals surface area contributed by atoms with Gasteiger partial charge < -0.3 is 9.15 Å². The minimum atomic E-state index is -0.615. The molecule has 6 nitrogen and oxygen atoms in total. The Morgan fingerprint density at radius 2 is 1.97 bits per heavy atom. The Kier molecular flexibility index (Phi) is 5.85. The zero-order valence-corrected chi connectivity index (χ0v) is 19.9. The number of methoxy groups -OCH3 is 1. The van der Waals surface area contributed by atoms with Crippen LogP contribution in [0.4, 0.5) is 0 Å². The van der Waals surface area contributed by atoms with Gasteiger partial charge in [0.1, 0.15) is 5.76 Å². The highest BCUT2D eigenvalue weighted by molar-refractivity contribution is 9.10. The number of allylic oxidation sites excluding steroid dienone is 1. The number of carbonyl (C=O) groups excluding carboxylic acids is 1. The van der Waals surface area contributed by atoms with E-state index in [1.165, 1.54) is 24.0 Å². The Balaban J connectivity index is 1.95. The molecule has 0 fully saturated rings. The largest absolute Gasteiger partial charge is 0.466 e. The van der Waals surface area contributed by atoms with Crippen molar-refractivity contribution in [1.29, 1.82) is 0 Å². The van der Waals surface area contributed by atoms with Crippen molar-refractivity contribution in [3.63, 3.8) is 0 Å². The maximum Gasteiger partial charge on any atom is 0.338 e. The van der Waals surface area contributed by atoms with Crippen molar-refractivity contribution in [3.8, 4) is 0 Å². The van der Waals surface area contributed by atoms with Gasteiger partial charge in [-0.25, -0.2) is 9.79 Å². The van der Waals surface area contributed by atoms with E-state index in [-0.39, 0.29) is 5.56 Å². The SMILES string of the molecule is COC(=O)C1=C(C)N=c2s/c(=C/c3ccc(Br)o3)c(=O)n2C1c1ccc(C(C)C)cc1. The zero-order valence-electron chi connectivity index (χ0n) is 17.5. The molecule has 0 saturated heterocycles. The third-order valence-corrected chi connectivity index (χ3v) is 6.62. The molecule has 0 aliphatic carbocycles. The maximum atomic E-state index is 13.4. The van der Waals surface area contributed by atoms with E-state index in [4.69, 9.17) is 9.15 Å². The van der Waals surface area contributed by atoms with Crippen LogP contribution in [0.15, 0.2) is 66.5 Å². The number of furan rings is 1. The van der Waals surface area contributed by atoms with Crippen LogP contribution in [-0.4, -0.2) is 17.6 Å². The van der Waals surface area contributed by atoms with Crippen LogP contribution in [0.1, 0.15) is 49.6 Å². The summed E-state index contributed by atoms with van der Waals surface area (Å²) in [5.41, 5.74) is 2.67. The van der Waals surface area contributed by atoms with Gasteiger partial charge in [0.05, 0.1) is 29.0 Å². The average Bonchev–Trinajstić information content (AvgIpc) is 3.29. The van der Waals surface area contributed by atoms with Crippen molar-refractivity contribution in [2.75, 3.05) is 7.11 Å². The molecule has 160 valence electrons. The molecule has 0 saturated carbocycles. The fraction of sp³-hybridized carbons (Fsp3) is 0.261. The van der Waals surface area contributed by atoms with Gasteiger partial charge in [-0.05, 0) is 52.0 Å². The number of carbonyl (C=O) groups is 1. The zero-order chi connectivity index (χ0) is 22.3. The van der Waals surface area contributed by atoms with E-state index < -0.39 is 12.0 Å². The molecule has 8 heteroatoms. The summed E-state index contributed by atoms with van der Waals surface area (Å²) in [6.45, 7) is 6.01. The molecule has 1 atom stereocenters. The summed E-state index contributed by atoms with van der Waals surface area (Å²) in [7, 11) is 1.33. The number of thiazole rings is 1. The summed E-state index contributed by atoms with van der Waals surface area (Å²) < 4.78 is 13.2. The van der Waals surface area contributed by atoms with Gasteiger partial charge in [-0.15, -0.1) is 0 Å². The monoisotopic (exact) mass is 500 g/mol. The molecule has 0 amide bonds. The number of nitrogens with zero attached hydrogens (tertiary/aromatic N) is 2. The number of ether oxygens (including phenoxy) is 1. The lowest BCUT2D eigenvalue weighted by atomic mass is 9.93. The Bertz CT molecular complexity index is 1360. The van der Waals surface area contributed by atoms with Crippen LogP contribution in [0.5, 0.6) is 0 Å². The fourth-order valence-corrected chi connectivity index (χ4v) is 4.95. The number of rotatable bonds is 4. The summed E-state index contributed by atoms with van der Waals surface area (Å²) in [6.07, 6.45) is 1.69. The molecule has 1 aromatic carbocycles. The highest BCUT2D eigenvalue weighted by Gasteiger charge is 2.33. The smallest absolute Gasteiger partial charge is 0.338 e. The first-order chi connectivity index (χ1) is 14.8. The van der Waals surface area contributed by atoms with Crippen molar-refractivity contribution in [3.05, 3.63) is 88.9 Å². The molecular formula is C23H21BrN2O4S. The van der Waals surface area contributed by atoms with Crippen molar-refractivity contribution in [2.24, 2.45) is 4.99 Å². The standard InChI is InChI=1S/C23H21BrN2O4S/c1-12(2)14-5-7-15(8-6-14)20-19(22(28)29-4)13(3)25-23-26(20)21(27)17(31-23)11-16-9-10-18(24)30-16/h5-12,20H,1-4H3/b17-11+. The van der Waals surface area contributed by atoms with E-state index in [1.807, 2.05) is 24.3 Å². The minimum Gasteiger partial charge on any atom is -0.466 e. The van der Waals surface area contributed by atoms with Gasteiger partial charge >= 0.3 is 5.97 Å². The van der Waals surface area contributed by atoms with Gasteiger partial charge in [0.25, 0.3) is 5.56 Å². The second-order valence-electron chi connectivity index (χ2n) is 7.54. The predicted octanol–water partition coefficient (Wildman–Crippen LogP) is 3.89. The van der Waals surface area contributed by atoms with Crippen LogP contribution in [0.25, 0.3) is 6.08 Å². The second-order valence-corrected chi connectivity index (χ2v) is 9.33. The van der Waals surface area contributed by atoms with E-state index >= 15 is 0 Å². The quantitative estimate of drug-likeness (QED) is 0.509. The first-order valence-electron chi connectivity index (χ1n) is 9.76. The summed E-state index contributed by atoms with van der Waals surface area (Å²) in [4.78, 5) is 31.2. The number of fused-ring (bicyclic) bond motifs is 1. The number of hydrogen-bond acceptors (Lipinski definition) is 6. The molecule has 1 unspecified atom stereocenters. The van der Waals surface area contributed by atoms with Crippen LogP contribution < -0.4 is 14.9 Å². The predicted molar refractivity (Wildman–Crippen MR) is 123 cm³/mol. The molecule has 0 spiro atoms. The van der Waals surface area contributed by atoms with Gasteiger partial charge in [0.15, 0.2) is 9.47 Å². The van der Waals surface area contributed by atoms with Crippen molar-refractivity contribution in [2.45, 2.75) is 32.7 Å². The molecular weight excluding hydrogens is 480 g/mol. The van der Waals surface area contributed by atoms with Crippen molar-refractivity contribution >= 4 is 39.3 Å². The normalized spacial score (nSPS) is 16.5. The van der Waals surface area contributed by atoms with E-state index in [2.05, 4.69) is 34.8 Å². The Labute approximate surface area is 191 Å². The van der Waals surface area contributed by atoms with Gasteiger partial charge in [-0.3, -0.25) is 9.36 Å². The molecule has 31 heavy (non-hydrogen) atoms. The molecule has 1 aliphatic heterocycles. The summed E-state index contributed by atoms with van der Waals surface area (Å²) in [6, 6.07) is 10.9. The van der Waals surface area contributed by atoms with Crippen LogP contribution in [0.3, 0.4) is 0 Å². The Hall–Kier alpha value is -2.71. The van der Waals surface area contributed by atoms with Crippen LogP contribution in [0, 0.1) is 0 Å². The highest BCUT2D eigenvalue weighted by atomic mass is 79.9. The topological polar surface area (TPSA) is 73.8 Å². The van der Waals surface area contributed by atoms with E-state index in [0.717, 1.165) is 5.56 Å². The Morgan fingerprint density at radius 3 is 2.55 bits per heavy atom. The molecule has 0 radical (unpaired) electrons. The second kappa shape index (κ2) is 8.43.